The molecule has 0 amide bonds. The first kappa shape index (κ1) is 17.6. The first-order chi connectivity index (χ1) is 13.7. The summed E-state index contributed by atoms with van der Waals surface area (Å²) < 4.78 is 6.03. The number of nitrogens with two attached hydrogens (primary N) is 1. The second-order valence-corrected chi connectivity index (χ2v) is 6.41. The fourth-order valence-corrected chi connectivity index (χ4v) is 3.06. The minimum Gasteiger partial charge on any atom is -0.454 e. The maximum Gasteiger partial charge on any atom is 0.196 e. The minimum atomic E-state index is -0.0873. The Morgan fingerprint density at radius 2 is 1.29 bits per heavy atom. The van der Waals surface area contributed by atoms with Gasteiger partial charge in [0.1, 0.15) is 11.5 Å². The summed E-state index contributed by atoms with van der Waals surface area (Å²) in [6.45, 7) is 0. The van der Waals surface area contributed by atoms with Crippen molar-refractivity contribution in [3.63, 3.8) is 0 Å². The molecule has 4 aromatic rings. The van der Waals surface area contributed by atoms with Crippen molar-refractivity contribution in [1.82, 2.24) is 0 Å². The number of nitrogen functional groups attached to an aromatic ring is 1. The third kappa shape index (κ3) is 3.64. The van der Waals surface area contributed by atoms with Gasteiger partial charge in [0.15, 0.2) is 5.78 Å². The standard InChI is InChI=1S/C25H19NO2/c26-22-17-20(18-9-3-1-4-10-18)15-16-24(22)28-23-14-8-7-13-21(23)25(27)19-11-5-2-6-12-19/h1-17H,26H2. The lowest BCUT2D eigenvalue weighted by Gasteiger charge is -2.13. The summed E-state index contributed by atoms with van der Waals surface area (Å²) >= 11 is 0. The summed E-state index contributed by atoms with van der Waals surface area (Å²) in [7, 11) is 0. The molecule has 0 fully saturated rings. The monoisotopic (exact) mass is 365 g/mol. The molecule has 4 rings (SSSR count). The van der Waals surface area contributed by atoms with Gasteiger partial charge in [0.25, 0.3) is 0 Å². The van der Waals surface area contributed by atoms with E-state index in [0.717, 1.165) is 11.1 Å². The Morgan fingerprint density at radius 1 is 0.643 bits per heavy atom. The second kappa shape index (κ2) is 7.80. The van der Waals surface area contributed by atoms with E-state index < -0.39 is 0 Å². The Bertz CT molecular complexity index is 1110. The van der Waals surface area contributed by atoms with Gasteiger partial charge in [0.2, 0.25) is 0 Å². The first-order valence-corrected chi connectivity index (χ1v) is 9.04. The zero-order valence-electron chi connectivity index (χ0n) is 15.2. The third-order valence-electron chi connectivity index (χ3n) is 4.50. The minimum absolute atomic E-state index is 0.0873. The average molecular weight is 365 g/mol. The maximum atomic E-state index is 12.9. The number of anilines is 1. The van der Waals surface area contributed by atoms with E-state index in [0.29, 0.717) is 28.3 Å². The molecular weight excluding hydrogens is 346 g/mol. The summed E-state index contributed by atoms with van der Waals surface area (Å²) in [5.74, 6) is 0.916. The number of hydrogen-bond acceptors (Lipinski definition) is 3. The molecule has 4 aromatic carbocycles. The normalized spacial score (nSPS) is 10.4. The molecule has 0 bridgehead atoms. The van der Waals surface area contributed by atoms with Crippen LogP contribution in [0.15, 0.2) is 103 Å². The molecule has 0 aliphatic rings. The topological polar surface area (TPSA) is 52.3 Å². The number of carbonyl (C=O) groups is 1. The van der Waals surface area contributed by atoms with Gasteiger partial charge in [-0.3, -0.25) is 4.79 Å². The Balaban J connectivity index is 1.64. The number of carbonyl (C=O) groups excluding carboxylic acids is 1. The van der Waals surface area contributed by atoms with Gasteiger partial charge in [-0.1, -0.05) is 78.9 Å². The number of benzene rings is 4. The van der Waals surface area contributed by atoms with Crippen LogP contribution in [0.1, 0.15) is 15.9 Å². The SMILES string of the molecule is Nc1cc(-c2ccccc2)ccc1Oc1ccccc1C(=O)c1ccccc1. The molecule has 0 aromatic heterocycles. The van der Waals surface area contributed by atoms with Gasteiger partial charge < -0.3 is 10.5 Å². The average Bonchev–Trinajstić information content (AvgIpc) is 2.76. The van der Waals surface area contributed by atoms with Crippen molar-refractivity contribution in [2.45, 2.75) is 0 Å². The number of rotatable bonds is 5. The molecule has 0 unspecified atom stereocenters. The van der Waals surface area contributed by atoms with E-state index >= 15 is 0 Å². The van der Waals surface area contributed by atoms with E-state index in [9.17, 15) is 4.79 Å². The molecule has 28 heavy (non-hydrogen) atoms. The maximum absolute atomic E-state index is 12.9. The molecule has 3 heteroatoms. The van der Waals surface area contributed by atoms with Gasteiger partial charge >= 0.3 is 0 Å². The highest BCUT2D eigenvalue weighted by molar-refractivity contribution is 6.10. The predicted molar refractivity (Wildman–Crippen MR) is 113 cm³/mol. The van der Waals surface area contributed by atoms with Crippen LogP contribution in [0.4, 0.5) is 5.69 Å². The zero-order valence-corrected chi connectivity index (χ0v) is 15.2. The summed E-state index contributed by atoms with van der Waals surface area (Å²) in [5, 5.41) is 0. The van der Waals surface area contributed by atoms with Crippen molar-refractivity contribution in [3.05, 3.63) is 114 Å². The Kier molecular flexibility index (Phi) is 4.89. The molecule has 0 saturated heterocycles. The highest BCUT2D eigenvalue weighted by atomic mass is 16.5. The van der Waals surface area contributed by atoms with E-state index in [2.05, 4.69) is 0 Å². The molecule has 0 spiro atoms. The van der Waals surface area contributed by atoms with E-state index in [1.54, 1.807) is 24.3 Å². The number of hydrogen-bond donors (Lipinski definition) is 1. The van der Waals surface area contributed by atoms with Crippen LogP contribution in [0, 0.1) is 0 Å². The van der Waals surface area contributed by atoms with Crippen molar-refractivity contribution in [1.29, 1.82) is 0 Å². The first-order valence-electron chi connectivity index (χ1n) is 9.04. The highest BCUT2D eigenvalue weighted by Crippen LogP contribution is 2.33. The van der Waals surface area contributed by atoms with E-state index in [4.69, 9.17) is 10.5 Å². The number of para-hydroxylation sites is 1. The largest absolute Gasteiger partial charge is 0.454 e. The molecule has 136 valence electrons. The van der Waals surface area contributed by atoms with Crippen LogP contribution in [-0.2, 0) is 0 Å². The molecule has 3 nitrogen and oxygen atoms in total. The summed E-state index contributed by atoms with van der Waals surface area (Å²) in [6.07, 6.45) is 0. The van der Waals surface area contributed by atoms with Gasteiger partial charge in [0.05, 0.1) is 11.3 Å². The lowest BCUT2D eigenvalue weighted by Crippen LogP contribution is -2.04. The summed E-state index contributed by atoms with van der Waals surface area (Å²) in [5.41, 5.74) is 9.96. The molecule has 0 aliphatic carbocycles. The van der Waals surface area contributed by atoms with Crippen LogP contribution in [0.5, 0.6) is 11.5 Å². The van der Waals surface area contributed by atoms with Crippen molar-refractivity contribution >= 4 is 11.5 Å². The van der Waals surface area contributed by atoms with E-state index in [1.165, 1.54) is 0 Å². The highest BCUT2D eigenvalue weighted by Gasteiger charge is 2.15. The number of ether oxygens (including phenoxy) is 1. The smallest absolute Gasteiger partial charge is 0.196 e. The molecule has 0 saturated carbocycles. The molecule has 0 heterocycles. The van der Waals surface area contributed by atoms with E-state index in [1.807, 2.05) is 78.9 Å². The summed E-state index contributed by atoms with van der Waals surface area (Å²) in [4.78, 5) is 12.9. The van der Waals surface area contributed by atoms with Crippen molar-refractivity contribution < 1.29 is 9.53 Å². The lowest BCUT2D eigenvalue weighted by atomic mass is 10.0. The molecule has 0 radical (unpaired) electrons. The molecular formula is C25H19NO2. The Labute approximate surface area is 164 Å². The van der Waals surface area contributed by atoms with Gasteiger partial charge in [-0.05, 0) is 35.4 Å². The van der Waals surface area contributed by atoms with Crippen LogP contribution in [-0.4, -0.2) is 5.78 Å². The zero-order chi connectivity index (χ0) is 19.3. The fourth-order valence-electron chi connectivity index (χ4n) is 3.06. The van der Waals surface area contributed by atoms with Crippen LogP contribution in [0.3, 0.4) is 0 Å². The Morgan fingerprint density at radius 3 is 2.00 bits per heavy atom. The third-order valence-corrected chi connectivity index (χ3v) is 4.50. The molecule has 2 N–H and O–H groups in total. The quantitative estimate of drug-likeness (QED) is 0.351. The summed E-state index contributed by atoms with van der Waals surface area (Å²) in [6, 6.07) is 32.1. The van der Waals surface area contributed by atoms with Crippen molar-refractivity contribution in [2.24, 2.45) is 0 Å². The lowest BCUT2D eigenvalue weighted by molar-refractivity contribution is 0.103. The Hall–Kier alpha value is -3.85. The van der Waals surface area contributed by atoms with Gasteiger partial charge in [-0.2, -0.15) is 0 Å². The van der Waals surface area contributed by atoms with Crippen LogP contribution in [0.2, 0.25) is 0 Å². The van der Waals surface area contributed by atoms with E-state index in [-0.39, 0.29) is 5.78 Å². The van der Waals surface area contributed by atoms with Gasteiger partial charge in [-0.25, -0.2) is 0 Å². The molecule has 0 atom stereocenters. The van der Waals surface area contributed by atoms with Gasteiger partial charge in [0, 0.05) is 5.56 Å². The predicted octanol–water partition coefficient (Wildman–Crippen LogP) is 5.96. The second-order valence-electron chi connectivity index (χ2n) is 6.41. The number of ketones is 1. The fraction of sp³-hybridized carbons (Fsp3) is 0. The van der Waals surface area contributed by atoms with Crippen molar-refractivity contribution in [2.75, 3.05) is 5.73 Å². The van der Waals surface area contributed by atoms with Crippen molar-refractivity contribution in [3.8, 4) is 22.6 Å². The van der Waals surface area contributed by atoms with Crippen LogP contribution in [0.25, 0.3) is 11.1 Å². The van der Waals surface area contributed by atoms with Crippen LogP contribution >= 0.6 is 0 Å². The van der Waals surface area contributed by atoms with Gasteiger partial charge in [-0.15, -0.1) is 0 Å². The molecule has 0 aliphatic heterocycles. The van der Waals surface area contributed by atoms with Crippen LogP contribution < -0.4 is 10.5 Å².